The predicted molar refractivity (Wildman–Crippen MR) is 89.4 cm³/mol. The van der Waals surface area contributed by atoms with Crippen LogP contribution in [-0.2, 0) is 11.2 Å². The van der Waals surface area contributed by atoms with E-state index >= 15 is 0 Å². The summed E-state index contributed by atoms with van der Waals surface area (Å²) in [7, 11) is 0. The zero-order chi connectivity index (χ0) is 16.7. The van der Waals surface area contributed by atoms with Crippen LogP contribution in [0.3, 0.4) is 0 Å². The third-order valence-electron chi connectivity index (χ3n) is 3.33. The fourth-order valence-electron chi connectivity index (χ4n) is 2.14. The van der Waals surface area contributed by atoms with E-state index < -0.39 is 0 Å². The van der Waals surface area contributed by atoms with Gasteiger partial charge in [0.05, 0.1) is 6.54 Å². The van der Waals surface area contributed by atoms with Crippen LogP contribution in [0.15, 0.2) is 48.5 Å². The van der Waals surface area contributed by atoms with Gasteiger partial charge in [-0.05, 0) is 43.2 Å². The molecule has 0 aliphatic heterocycles. The molecule has 0 aliphatic carbocycles. The lowest BCUT2D eigenvalue weighted by Crippen LogP contribution is -2.32. The molecule has 2 aromatic rings. The van der Waals surface area contributed by atoms with Gasteiger partial charge in [-0.15, -0.1) is 0 Å². The van der Waals surface area contributed by atoms with Gasteiger partial charge in [0, 0.05) is 17.9 Å². The Labute approximate surface area is 135 Å². The van der Waals surface area contributed by atoms with Gasteiger partial charge in [-0.3, -0.25) is 9.59 Å². The number of aliphatic hydroxyl groups excluding tert-OH is 1. The van der Waals surface area contributed by atoms with Crippen LogP contribution >= 0.6 is 0 Å². The minimum absolute atomic E-state index is 0.0921. The van der Waals surface area contributed by atoms with Gasteiger partial charge in [0.1, 0.15) is 0 Å². The van der Waals surface area contributed by atoms with Crippen LogP contribution in [0.1, 0.15) is 21.5 Å². The molecular formula is C18H20N2O3. The van der Waals surface area contributed by atoms with E-state index in [0.29, 0.717) is 17.7 Å². The minimum atomic E-state index is -0.291. The molecule has 2 rings (SSSR count). The molecular weight excluding hydrogens is 292 g/mol. The van der Waals surface area contributed by atoms with E-state index in [1.54, 1.807) is 30.3 Å². The number of hydrogen-bond acceptors (Lipinski definition) is 3. The van der Waals surface area contributed by atoms with Crippen LogP contribution in [0.2, 0.25) is 0 Å². The van der Waals surface area contributed by atoms with E-state index in [1.807, 2.05) is 25.1 Å². The van der Waals surface area contributed by atoms with Gasteiger partial charge in [0.25, 0.3) is 5.91 Å². The second-order valence-electron chi connectivity index (χ2n) is 5.27. The Kier molecular flexibility index (Phi) is 5.88. The zero-order valence-electron chi connectivity index (χ0n) is 13.0. The van der Waals surface area contributed by atoms with Gasteiger partial charge in [-0.25, -0.2) is 0 Å². The summed E-state index contributed by atoms with van der Waals surface area (Å²) in [6.07, 6.45) is 0.584. The van der Waals surface area contributed by atoms with E-state index in [-0.39, 0.29) is 25.0 Å². The fourth-order valence-corrected chi connectivity index (χ4v) is 2.14. The fraction of sp³-hybridized carbons (Fsp3) is 0.222. The molecule has 0 heterocycles. The molecule has 0 saturated heterocycles. The summed E-state index contributed by atoms with van der Waals surface area (Å²) in [5.74, 6) is -0.567. The highest BCUT2D eigenvalue weighted by Crippen LogP contribution is 2.09. The van der Waals surface area contributed by atoms with Crippen molar-refractivity contribution in [3.63, 3.8) is 0 Å². The van der Waals surface area contributed by atoms with Crippen molar-refractivity contribution >= 4 is 17.5 Å². The van der Waals surface area contributed by atoms with Gasteiger partial charge in [0.2, 0.25) is 5.91 Å². The smallest absolute Gasteiger partial charge is 0.251 e. The van der Waals surface area contributed by atoms with Crippen molar-refractivity contribution in [1.82, 2.24) is 5.32 Å². The number of nitrogens with one attached hydrogen (secondary N) is 2. The summed E-state index contributed by atoms with van der Waals surface area (Å²) in [6.45, 7) is 1.91. The van der Waals surface area contributed by atoms with Gasteiger partial charge in [-0.1, -0.05) is 29.8 Å². The SMILES string of the molecule is Cc1cccc(C(=O)NCC(=O)Nc2ccc(CCO)cc2)c1. The summed E-state index contributed by atoms with van der Waals surface area (Å²) in [4.78, 5) is 23.8. The zero-order valence-corrected chi connectivity index (χ0v) is 13.0. The van der Waals surface area contributed by atoms with Gasteiger partial charge < -0.3 is 15.7 Å². The Hall–Kier alpha value is -2.66. The molecule has 0 aliphatic rings. The molecule has 3 N–H and O–H groups in total. The maximum atomic E-state index is 12.0. The number of aliphatic hydroxyl groups is 1. The highest BCUT2D eigenvalue weighted by atomic mass is 16.3. The van der Waals surface area contributed by atoms with Crippen molar-refractivity contribution in [2.24, 2.45) is 0 Å². The van der Waals surface area contributed by atoms with Crippen LogP contribution in [0.5, 0.6) is 0 Å². The molecule has 5 nitrogen and oxygen atoms in total. The number of carbonyl (C=O) groups excluding carboxylic acids is 2. The van der Waals surface area contributed by atoms with Gasteiger partial charge in [-0.2, -0.15) is 0 Å². The summed E-state index contributed by atoms with van der Waals surface area (Å²) in [5.41, 5.74) is 3.18. The largest absolute Gasteiger partial charge is 0.396 e. The maximum Gasteiger partial charge on any atom is 0.251 e. The molecule has 2 aromatic carbocycles. The summed E-state index contributed by atoms with van der Waals surface area (Å²) in [6, 6.07) is 14.4. The second kappa shape index (κ2) is 8.10. The number of rotatable bonds is 6. The van der Waals surface area contributed by atoms with E-state index in [4.69, 9.17) is 5.11 Å². The second-order valence-corrected chi connectivity index (χ2v) is 5.27. The summed E-state index contributed by atoms with van der Waals surface area (Å²) < 4.78 is 0. The third-order valence-corrected chi connectivity index (χ3v) is 3.33. The average Bonchev–Trinajstić information content (AvgIpc) is 2.55. The Morgan fingerprint density at radius 3 is 2.48 bits per heavy atom. The monoisotopic (exact) mass is 312 g/mol. The Bertz CT molecular complexity index is 681. The first kappa shape index (κ1) is 16.7. The number of aryl methyl sites for hydroxylation is 1. The molecule has 23 heavy (non-hydrogen) atoms. The van der Waals surface area contributed by atoms with Crippen LogP contribution in [0, 0.1) is 6.92 Å². The average molecular weight is 312 g/mol. The van der Waals surface area contributed by atoms with E-state index in [2.05, 4.69) is 10.6 Å². The number of benzene rings is 2. The first-order valence-corrected chi connectivity index (χ1v) is 7.43. The van der Waals surface area contributed by atoms with Crippen molar-refractivity contribution in [3.8, 4) is 0 Å². The Morgan fingerprint density at radius 1 is 1.09 bits per heavy atom. The summed E-state index contributed by atoms with van der Waals surface area (Å²) in [5, 5.41) is 14.2. The van der Waals surface area contributed by atoms with Crippen LogP contribution < -0.4 is 10.6 Å². The standard InChI is InChI=1S/C18H20N2O3/c1-13-3-2-4-15(11-13)18(23)19-12-17(22)20-16-7-5-14(6-8-16)9-10-21/h2-8,11,21H,9-10,12H2,1H3,(H,19,23)(H,20,22). The molecule has 0 radical (unpaired) electrons. The van der Waals surface area contributed by atoms with Crippen molar-refractivity contribution in [1.29, 1.82) is 0 Å². The molecule has 0 aromatic heterocycles. The molecule has 0 unspecified atom stereocenters. The van der Waals surface area contributed by atoms with Crippen molar-refractivity contribution in [2.45, 2.75) is 13.3 Å². The number of carbonyl (C=O) groups is 2. The highest BCUT2D eigenvalue weighted by Gasteiger charge is 2.08. The molecule has 0 atom stereocenters. The number of anilines is 1. The Morgan fingerprint density at radius 2 is 1.83 bits per heavy atom. The molecule has 0 bridgehead atoms. The van der Waals surface area contributed by atoms with Crippen LogP contribution in [0.25, 0.3) is 0 Å². The van der Waals surface area contributed by atoms with E-state index in [0.717, 1.165) is 11.1 Å². The lowest BCUT2D eigenvalue weighted by molar-refractivity contribution is -0.115. The predicted octanol–water partition coefficient (Wildman–Crippen LogP) is 1.90. The van der Waals surface area contributed by atoms with Crippen molar-refractivity contribution in [3.05, 3.63) is 65.2 Å². The maximum absolute atomic E-state index is 12.0. The first-order valence-electron chi connectivity index (χ1n) is 7.43. The minimum Gasteiger partial charge on any atom is -0.396 e. The van der Waals surface area contributed by atoms with Crippen LogP contribution in [0.4, 0.5) is 5.69 Å². The molecule has 2 amide bonds. The highest BCUT2D eigenvalue weighted by molar-refractivity contribution is 5.99. The number of hydrogen-bond donors (Lipinski definition) is 3. The van der Waals surface area contributed by atoms with E-state index in [9.17, 15) is 9.59 Å². The van der Waals surface area contributed by atoms with Gasteiger partial charge in [0.15, 0.2) is 0 Å². The molecule has 0 fully saturated rings. The van der Waals surface area contributed by atoms with Crippen LogP contribution in [-0.4, -0.2) is 30.1 Å². The van der Waals surface area contributed by atoms with Gasteiger partial charge >= 0.3 is 0 Å². The quantitative estimate of drug-likeness (QED) is 0.762. The topological polar surface area (TPSA) is 78.4 Å². The molecule has 120 valence electrons. The third kappa shape index (κ3) is 5.23. The Balaban J connectivity index is 1.84. The number of amides is 2. The summed E-state index contributed by atoms with van der Waals surface area (Å²) >= 11 is 0. The van der Waals surface area contributed by atoms with E-state index in [1.165, 1.54) is 0 Å². The first-order chi connectivity index (χ1) is 11.1. The lowest BCUT2D eigenvalue weighted by Gasteiger charge is -2.08. The molecule has 5 heteroatoms. The van der Waals surface area contributed by atoms with Crippen molar-refractivity contribution in [2.75, 3.05) is 18.5 Å². The molecule has 0 saturated carbocycles. The lowest BCUT2D eigenvalue weighted by atomic mass is 10.1. The normalized spacial score (nSPS) is 10.2. The molecule has 0 spiro atoms. The van der Waals surface area contributed by atoms with Crippen molar-refractivity contribution < 1.29 is 14.7 Å².